The lowest BCUT2D eigenvalue weighted by atomic mass is 10.0. The largest absolute Gasteiger partial charge is 0.435 e. The van der Waals surface area contributed by atoms with Gasteiger partial charge in [-0.1, -0.05) is 13.8 Å². The first-order chi connectivity index (χ1) is 14.8. The number of amides is 1. The Labute approximate surface area is 176 Å². The summed E-state index contributed by atoms with van der Waals surface area (Å²) in [7, 11) is 0. The smallest absolute Gasteiger partial charge is 0.308 e. The first-order valence-electron chi connectivity index (χ1n) is 9.10. The number of alkyl halides is 6. The summed E-state index contributed by atoms with van der Waals surface area (Å²) in [5, 5.41) is 12.4. The Hall–Kier alpha value is -3.51. The van der Waals surface area contributed by atoms with Gasteiger partial charge in [0, 0.05) is 5.39 Å². The Kier molecular flexibility index (Phi) is 5.94. The molecular weight excluding hydrogens is 444 g/mol. The normalized spacial score (nSPS) is 12.4. The van der Waals surface area contributed by atoms with Crippen LogP contribution in [0.4, 0.5) is 32.2 Å². The molecule has 0 bridgehead atoms. The van der Waals surface area contributed by atoms with Crippen LogP contribution in [0.1, 0.15) is 36.7 Å². The van der Waals surface area contributed by atoms with E-state index in [2.05, 4.69) is 20.6 Å². The van der Waals surface area contributed by atoms with Crippen LogP contribution in [0.2, 0.25) is 0 Å². The topological polar surface area (TPSA) is 89.8 Å². The number of anilines is 1. The zero-order valence-corrected chi connectivity index (χ0v) is 16.5. The van der Waals surface area contributed by atoms with Crippen LogP contribution in [-0.4, -0.2) is 25.9 Å². The number of aromatic nitrogens is 4. The molecule has 0 saturated heterocycles. The average molecular weight is 459 g/mol. The van der Waals surface area contributed by atoms with Gasteiger partial charge < -0.3 is 5.32 Å². The minimum atomic E-state index is -4.70. The van der Waals surface area contributed by atoms with Gasteiger partial charge in [-0.05, 0) is 36.2 Å². The zero-order valence-electron chi connectivity index (χ0n) is 16.5. The standard InChI is InChI=1S/C19H15F6N5O2/c1-9(2)16-12-7-10(18(20,21)22)3-4-11(12)17(32)30(29-16)8-15(31)26-14-6-5-13(27-28-14)19(23,24)25/h3-7,9H,8H2,1-2H3,(H,26,28,31). The number of hydrogen-bond acceptors (Lipinski definition) is 5. The molecule has 1 amide bonds. The molecule has 1 aromatic carbocycles. The highest BCUT2D eigenvalue weighted by Crippen LogP contribution is 2.32. The molecule has 0 spiro atoms. The molecule has 0 saturated carbocycles. The van der Waals surface area contributed by atoms with Gasteiger partial charge in [0.2, 0.25) is 5.91 Å². The fourth-order valence-corrected chi connectivity index (χ4v) is 2.89. The number of hydrogen-bond donors (Lipinski definition) is 1. The maximum atomic E-state index is 13.1. The molecule has 0 atom stereocenters. The lowest BCUT2D eigenvalue weighted by Crippen LogP contribution is -2.31. The van der Waals surface area contributed by atoms with Gasteiger partial charge in [0.05, 0.1) is 16.6 Å². The van der Waals surface area contributed by atoms with Gasteiger partial charge in [-0.25, -0.2) is 4.68 Å². The lowest BCUT2D eigenvalue weighted by molar-refractivity contribution is -0.141. The van der Waals surface area contributed by atoms with Crippen molar-refractivity contribution >= 4 is 22.5 Å². The Morgan fingerprint density at radius 2 is 1.69 bits per heavy atom. The summed E-state index contributed by atoms with van der Waals surface area (Å²) in [5.74, 6) is -1.50. The van der Waals surface area contributed by atoms with Crippen LogP contribution >= 0.6 is 0 Å². The van der Waals surface area contributed by atoms with E-state index in [0.29, 0.717) is 6.07 Å². The molecule has 13 heteroatoms. The van der Waals surface area contributed by atoms with Crippen molar-refractivity contribution in [3.63, 3.8) is 0 Å². The predicted molar refractivity (Wildman–Crippen MR) is 101 cm³/mol. The molecule has 2 heterocycles. The third-order valence-corrected chi connectivity index (χ3v) is 4.38. The molecule has 0 aliphatic carbocycles. The predicted octanol–water partition coefficient (Wildman–Crippen LogP) is 3.99. The maximum Gasteiger partial charge on any atom is 0.435 e. The fraction of sp³-hybridized carbons (Fsp3) is 0.316. The van der Waals surface area contributed by atoms with Gasteiger partial charge in [-0.3, -0.25) is 9.59 Å². The number of halogens is 6. The first kappa shape index (κ1) is 23.2. The Bertz CT molecular complexity index is 1220. The summed E-state index contributed by atoms with van der Waals surface area (Å²) in [5.41, 5.74) is -2.81. The fourth-order valence-electron chi connectivity index (χ4n) is 2.89. The quantitative estimate of drug-likeness (QED) is 0.596. The molecule has 32 heavy (non-hydrogen) atoms. The molecule has 170 valence electrons. The Morgan fingerprint density at radius 1 is 1.00 bits per heavy atom. The molecule has 0 aliphatic rings. The number of carbonyl (C=O) groups is 1. The second kappa shape index (κ2) is 8.20. The van der Waals surface area contributed by atoms with Crippen LogP contribution in [0.25, 0.3) is 10.8 Å². The lowest BCUT2D eigenvalue weighted by Gasteiger charge is -2.15. The van der Waals surface area contributed by atoms with E-state index in [1.54, 1.807) is 13.8 Å². The molecular formula is C19H15F6N5O2. The van der Waals surface area contributed by atoms with E-state index in [1.165, 1.54) is 0 Å². The summed E-state index contributed by atoms with van der Waals surface area (Å²) in [6, 6.07) is 4.13. The van der Waals surface area contributed by atoms with Gasteiger partial charge in [0.25, 0.3) is 5.56 Å². The van der Waals surface area contributed by atoms with E-state index in [0.717, 1.165) is 28.9 Å². The van der Waals surface area contributed by atoms with Gasteiger partial charge in [0.15, 0.2) is 11.5 Å². The molecule has 0 fully saturated rings. The number of benzene rings is 1. The number of carbonyl (C=O) groups excluding carboxylic acids is 1. The molecule has 7 nitrogen and oxygen atoms in total. The molecule has 3 rings (SSSR count). The second-order valence-corrected chi connectivity index (χ2v) is 7.11. The number of nitrogens with zero attached hydrogens (tertiary/aromatic N) is 4. The summed E-state index contributed by atoms with van der Waals surface area (Å²) in [6.45, 7) is 2.68. The van der Waals surface area contributed by atoms with E-state index in [9.17, 15) is 35.9 Å². The minimum Gasteiger partial charge on any atom is -0.308 e. The third kappa shape index (κ3) is 4.86. The van der Waals surface area contributed by atoms with Crippen molar-refractivity contribution in [2.45, 2.75) is 38.7 Å². The summed E-state index contributed by atoms with van der Waals surface area (Å²) in [4.78, 5) is 25.0. The van der Waals surface area contributed by atoms with Crippen molar-refractivity contribution in [3.05, 3.63) is 57.6 Å². The van der Waals surface area contributed by atoms with Crippen LogP contribution in [0.3, 0.4) is 0 Å². The van der Waals surface area contributed by atoms with Crippen molar-refractivity contribution in [3.8, 4) is 0 Å². The SMILES string of the molecule is CC(C)c1nn(CC(=O)Nc2ccc(C(F)(F)F)nn2)c(=O)c2ccc(C(F)(F)F)cc12. The minimum absolute atomic E-state index is 0.0186. The van der Waals surface area contributed by atoms with Crippen LogP contribution in [0.15, 0.2) is 35.1 Å². The van der Waals surface area contributed by atoms with Gasteiger partial charge in [-0.2, -0.15) is 31.4 Å². The monoisotopic (exact) mass is 459 g/mol. The van der Waals surface area contributed by atoms with Crippen LogP contribution in [0, 0.1) is 0 Å². The van der Waals surface area contributed by atoms with Crippen molar-refractivity contribution in [1.29, 1.82) is 0 Å². The third-order valence-electron chi connectivity index (χ3n) is 4.38. The van der Waals surface area contributed by atoms with Crippen molar-refractivity contribution in [2.75, 3.05) is 5.32 Å². The summed E-state index contributed by atoms with van der Waals surface area (Å²) < 4.78 is 77.6. The molecule has 1 N–H and O–H groups in total. The van der Waals surface area contributed by atoms with Crippen LogP contribution in [-0.2, 0) is 23.7 Å². The van der Waals surface area contributed by atoms with Gasteiger partial charge in [-0.15, -0.1) is 10.2 Å². The van der Waals surface area contributed by atoms with Gasteiger partial charge in [0.1, 0.15) is 6.54 Å². The van der Waals surface area contributed by atoms with Crippen LogP contribution < -0.4 is 10.9 Å². The summed E-state index contributed by atoms with van der Waals surface area (Å²) >= 11 is 0. The van der Waals surface area contributed by atoms with E-state index < -0.39 is 41.6 Å². The zero-order chi connectivity index (χ0) is 23.8. The molecule has 2 aromatic heterocycles. The van der Waals surface area contributed by atoms with Gasteiger partial charge >= 0.3 is 12.4 Å². The highest BCUT2D eigenvalue weighted by molar-refractivity contribution is 5.90. The molecule has 0 unspecified atom stereocenters. The Balaban J connectivity index is 1.92. The van der Waals surface area contributed by atoms with E-state index in [-0.39, 0.29) is 28.2 Å². The first-order valence-corrected chi connectivity index (χ1v) is 9.10. The molecule has 3 aromatic rings. The summed E-state index contributed by atoms with van der Waals surface area (Å²) in [6.07, 6.45) is -9.31. The van der Waals surface area contributed by atoms with Crippen LogP contribution in [0.5, 0.6) is 0 Å². The Morgan fingerprint density at radius 3 is 2.22 bits per heavy atom. The van der Waals surface area contributed by atoms with E-state index in [4.69, 9.17) is 0 Å². The molecule has 0 aliphatic heterocycles. The van der Waals surface area contributed by atoms with E-state index >= 15 is 0 Å². The van der Waals surface area contributed by atoms with E-state index in [1.807, 2.05) is 0 Å². The van der Waals surface area contributed by atoms with Crippen molar-refractivity contribution in [1.82, 2.24) is 20.0 Å². The van der Waals surface area contributed by atoms with Crippen molar-refractivity contribution < 1.29 is 31.1 Å². The second-order valence-electron chi connectivity index (χ2n) is 7.11. The highest BCUT2D eigenvalue weighted by atomic mass is 19.4. The molecule has 0 radical (unpaired) electrons. The maximum absolute atomic E-state index is 13.1. The average Bonchev–Trinajstić information content (AvgIpc) is 2.68. The number of rotatable bonds is 4. The number of nitrogens with one attached hydrogen (secondary N) is 1. The van der Waals surface area contributed by atoms with Crippen molar-refractivity contribution in [2.24, 2.45) is 0 Å². The number of fused-ring (bicyclic) bond motifs is 1. The highest BCUT2D eigenvalue weighted by Gasteiger charge is 2.33.